The number of nitrogens with one attached hydrogen (secondary N) is 1. The van der Waals surface area contributed by atoms with E-state index in [1.807, 2.05) is 47.6 Å². The number of carbonyl (C=O) groups excluding carboxylic acids is 1. The highest BCUT2D eigenvalue weighted by atomic mass is 16.3. The third-order valence-electron chi connectivity index (χ3n) is 4.05. The summed E-state index contributed by atoms with van der Waals surface area (Å²) in [5.74, 6) is -0.0680. The Morgan fingerprint density at radius 1 is 1.12 bits per heavy atom. The molecule has 1 aromatic carbocycles. The van der Waals surface area contributed by atoms with E-state index < -0.39 is 0 Å². The van der Waals surface area contributed by atoms with Crippen molar-refractivity contribution in [2.75, 3.05) is 0 Å². The fourth-order valence-electron chi connectivity index (χ4n) is 2.59. The van der Waals surface area contributed by atoms with E-state index in [0.717, 1.165) is 16.7 Å². The zero-order valence-electron chi connectivity index (χ0n) is 16.3. The first-order chi connectivity index (χ1) is 12.0. The Kier molecular flexibility index (Phi) is 5.50. The zero-order chi connectivity index (χ0) is 19.5. The maximum atomic E-state index is 12.6. The van der Waals surface area contributed by atoms with E-state index in [0.29, 0.717) is 5.56 Å². The molecule has 0 saturated carbocycles. The van der Waals surface area contributed by atoms with Gasteiger partial charge in [-0.25, -0.2) is 5.43 Å². The highest BCUT2D eigenvalue weighted by Crippen LogP contribution is 2.39. The molecule has 1 aromatic heterocycles. The number of aromatic nitrogens is 1. The van der Waals surface area contributed by atoms with Gasteiger partial charge in [0.1, 0.15) is 5.75 Å². The van der Waals surface area contributed by atoms with E-state index >= 15 is 0 Å². The highest BCUT2D eigenvalue weighted by molar-refractivity contribution is 5.95. The first kappa shape index (κ1) is 19.6. The molecule has 0 unspecified atom stereocenters. The second-order valence-electron chi connectivity index (χ2n) is 8.41. The van der Waals surface area contributed by atoms with E-state index in [1.54, 1.807) is 36.8 Å². The number of benzene rings is 1. The molecule has 0 saturated heterocycles. The Labute approximate surface area is 155 Å². The molecule has 2 N–H and O–H groups in total. The van der Waals surface area contributed by atoms with Crippen LogP contribution in [0.2, 0.25) is 0 Å². The fourth-order valence-corrected chi connectivity index (χ4v) is 2.59. The lowest BCUT2D eigenvalue weighted by Gasteiger charge is -2.28. The van der Waals surface area contributed by atoms with Crippen molar-refractivity contribution in [3.63, 3.8) is 0 Å². The molecule has 5 heteroatoms. The average molecular weight is 353 g/mol. The number of pyridine rings is 1. The van der Waals surface area contributed by atoms with Gasteiger partial charge >= 0.3 is 0 Å². The van der Waals surface area contributed by atoms with Crippen molar-refractivity contribution in [1.82, 2.24) is 10.4 Å². The predicted molar refractivity (Wildman–Crippen MR) is 105 cm³/mol. The molecule has 0 atom stereocenters. The molecule has 5 nitrogen and oxygen atoms in total. The van der Waals surface area contributed by atoms with Gasteiger partial charge in [0.15, 0.2) is 0 Å². The van der Waals surface area contributed by atoms with Gasteiger partial charge in [-0.3, -0.25) is 9.78 Å². The number of amides is 1. The number of phenolic OH excluding ortho intramolecular Hbond substituents is 1. The van der Waals surface area contributed by atoms with Crippen LogP contribution in [-0.2, 0) is 10.8 Å². The molecule has 0 bridgehead atoms. The summed E-state index contributed by atoms with van der Waals surface area (Å²) in [6.07, 6.45) is 4.88. The van der Waals surface area contributed by atoms with Crippen LogP contribution >= 0.6 is 0 Å². The largest absolute Gasteiger partial charge is 0.507 e. The summed E-state index contributed by atoms with van der Waals surface area (Å²) in [5.41, 5.74) is 4.71. The summed E-state index contributed by atoms with van der Waals surface area (Å²) in [7, 11) is 0. The van der Waals surface area contributed by atoms with Gasteiger partial charge in [-0.1, -0.05) is 47.6 Å². The van der Waals surface area contributed by atoms with Crippen molar-refractivity contribution in [2.45, 2.75) is 52.4 Å². The molecule has 0 radical (unpaired) electrons. The van der Waals surface area contributed by atoms with Crippen LogP contribution in [0.1, 0.15) is 68.6 Å². The van der Waals surface area contributed by atoms with Crippen LogP contribution in [0.3, 0.4) is 0 Å². The molecule has 0 aliphatic rings. The standard InChI is InChI=1S/C21H27N3O2/c1-20(2,3)16-10-15(11-17(18(16)25)21(4,5)6)19(26)24-23-13-14-8-7-9-22-12-14/h7-13,25H,1-6H3,(H,24,26). The Balaban J connectivity index is 2.36. The van der Waals surface area contributed by atoms with Crippen LogP contribution in [0, 0.1) is 0 Å². The van der Waals surface area contributed by atoms with Gasteiger partial charge < -0.3 is 5.11 Å². The number of hydrogen-bond donors (Lipinski definition) is 2. The summed E-state index contributed by atoms with van der Waals surface area (Å²) in [6.45, 7) is 12.1. The van der Waals surface area contributed by atoms with E-state index in [2.05, 4.69) is 15.5 Å². The predicted octanol–water partition coefficient (Wildman–Crippen LogP) is 4.15. The van der Waals surface area contributed by atoms with Gasteiger partial charge in [-0.15, -0.1) is 0 Å². The second kappa shape index (κ2) is 7.28. The lowest BCUT2D eigenvalue weighted by Crippen LogP contribution is -2.22. The molecule has 0 fully saturated rings. The Hall–Kier alpha value is -2.69. The van der Waals surface area contributed by atoms with Crippen LogP contribution < -0.4 is 5.43 Å². The van der Waals surface area contributed by atoms with Gasteiger partial charge in [0, 0.05) is 34.6 Å². The molecule has 2 aromatic rings. The summed E-state index contributed by atoms with van der Waals surface area (Å²) in [5, 5.41) is 14.7. The number of rotatable bonds is 3. The highest BCUT2D eigenvalue weighted by Gasteiger charge is 2.27. The first-order valence-electron chi connectivity index (χ1n) is 8.61. The molecular weight excluding hydrogens is 326 g/mol. The lowest BCUT2D eigenvalue weighted by atomic mass is 9.78. The molecule has 0 aliphatic heterocycles. The number of phenols is 1. The number of carbonyl (C=O) groups is 1. The molecular formula is C21H27N3O2. The van der Waals surface area contributed by atoms with Crippen molar-refractivity contribution >= 4 is 12.1 Å². The molecule has 138 valence electrons. The summed E-state index contributed by atoms with van der Waals surface area (Å²) < 4.78 is 0. The quantitative estimate of drug-likeness (QED) is 0.643. The molecule has 2 rings (SSSR count). The van der Waals surface area contributed by atoms with Crippen molar-refractivity contribution < 1.29 is 9.90 Å². The van der Waals surface area contributed by atoms with Crippen molar-refractivity contribution in [2.24, 2.45) is 5.10 Å². The molecule has 1 heterocycles. The summed E-state index contributed by atoms with van der Waals surface area (Å²) >= 11 is 0. The van der Waals surface area contributed by atoms with Gasteiger partial charge in [0.25, 0.3) is 5.91 Å². The van der Waals surface area contributed by atoms with Gasteiger partial charge in [0.2, 0.25) is 0 Å². The Bertz CT molecular complexity index is 778. The van der Waals surface area contributed by atoms with E-state index in [1.165, 1.54) is 0 Å². The minimum atomic E-state index is -0.318. The number of nitrogens with zero attached hydrogens (tertiary/aromatic N) is 2. The topological polar surface area (TPSA) is 74.6 Å². The van der Waals surface area contributed by atoms with Crippen LogP contribution in [0.4, 0.5) is 0 Å². The molecule has 0 aliphatic carbocycles. The number of aromatic hydroxyl groups is 1. The Morgan fingerprint density at radius 2 is 1.69 bits per heavy atom. The average Bonchev–Trinajstić information content (AvgIpc) is 2.53. The van der Waals surface area contributed by atoms with Crippen LogP contribution in [0.5, 0.6) is 5.75 Å². The molecule has 0 spiro atoms. The zero-order valence-corrected chi connectivity index (χ0v) is 16.3. The lowest BCUT2D eigenvalue weighted by molar-refractivity contribution is 0.0955. The van der Waals surface area contributed by atoms with Crippen molar-refractivity contribution in [3.8, 4) is 5.75 Å². The Morgan fingerprint density at radius 3 is 2.15 bits per heavy atom. The van der Waals surface area contributed by atoms with Gasteiger partial charge in [0.05, 0.1) is 6.21 Å². The van der Waals surface area contributed by atoms with E-state index in [9.17, 15) is 9.90 Å². The monoisotopic (exact) mass is 353 g/mol. The van der Waals surface area contributed by atoms with E-state index in [4.69, 9.17) is 0 Å². The maximum Gasteiger partial charge on any atom is 0.271 e. The van der Waals surface area contributed by atoms with Crippen LogP contribution in [0.25, 0.3) is 0 Å². The minimum absolute atomic E-state index is 0.250. The van der Waals surface area contributed by atoms with Gasteiger partial charge in [-0.2, -0.15) is 5.10 Å². The minimum Gasteiger partial charge on any atom is -0.507 e. The van der Waals surface area contributed by atoms with Crippen LogP contribution in [0.15, 0.2) is 41.8 Å². The van der Waals surface area contributed by atoms with Crippen molar-refractivity contribution in [1.29, 1.82) is 0 Å². The summed E-state index contributed by atoms with van der Waals surface area (Å²) in [4.78, 5) is 16.6. The third kappa shape index (κ3) is 4.69. The first-order valence-corrected chi connectivity index (χ1v) is 8.61. The van der Waals surface area contributed by atoms with Gasteiger partial charge in [-0.05, 0) is 29.0 Å². The molecule has 26 heavy (non-hydrogen) atoms. The van der Waals surface area contributed by atoms with Crippen molar-refractivity contribution in [3.05, 3.63) is 58.9 Å². The normalized spacial score (nSPS) is 12.4. The number of hydrazone groups is 1. The fraction of sp³-hybridized carbons (Fsp3) is 0.381. The second-order valence-corrected chi connectivity index (χ2v) is 8.41. The number of hydrogen-bond acceptors (Lipinski definition) is 4. The SMILES string of the molecule is CC(C)(C)c1cc(C(=O)NN=Cc2cccnc2)cc(C(C)(C)C)c1O. The van der Waals surface area contributed by atoms with E-state index in [-0.39, 0.29) is 22.5 Å². The smallest absolute Gasteiger partial charge is 0.271 e. The molecule has 1 amide bonds. The van der Waals surface area contributed by atoms with Crippen LogP contribution in [-0.4, -0.2) is 22.2 Å². The summed E-state index contributed by atoms with van der Waals surface area (Å²) in [6, 6.07) is 7.12. The third-order valence-corrected chi connectivity index (χ3v) is 4.05. The maximum absolute atomic E-state index is 12.6.